The Morgan fingerprint density at radius 3 is 2.47 bits per heavy atom. The Bertz CT molecular complexity index is 1010. The molecule has 8 nitrogen and oxygen atoms in total. The molecule has 34 heavy (non-hydrogen) atoms. The predicted molar refractivity (Wildman–Crippen MR) is 137 cm³/mol. The molecule has 1 aliphatic carbocycles. The summed E-state index contributed by atoms with van der Waals surface area (Å²) in [5.41, 5.74) is 2.29. The van der Waals surface area contributed by atoms with Crippen LogP contribution >= 0.6 is 0 Å². The van der Waals surface area contributed by atoms with E-state index in [1.165, 1.54) is 0 Å². The summed E-state index contributed by atoms with van der Waals surface area (Å²) >= 11 is 0. The first-order valence-electron chi connectivity index (χ1n) is 12.0. The number of carbonyl (C=O) groups excluding carboxylic acids is 2. The van der Waals surface area contributed by atoms with Crippen molar-refractivity contribution >= 4 is 29.3 Å². The lowest BCUT2D eigenvalue weighted by atomic mass is 9.85. The molecule has 1 heterocycles. The van der Waals surface area contributed by atoms with E-state index in [4.69, 9.17) is 0 Å². The molecule has 1 aromatic heterocycles. The fourth-order valence-corrected chi connectivity index (χ4v) is 4.05. The summed E-state index contributed by atoms with van der Waals surface area (Å²) < 4.78 is 0. The van der Waals surface area contributed by atoms with Crippen molar-refractivity contribution in [1.82, 2.24) is 15.3 Å². The molecule has 0 bridgehead atoms. The van der Waals surface area contributed by atoms with Gasteiger partial charge in [-0.3, -0.25) is 9.59 Å². The summed E-state index contributed by atoms with van der Waals surface area (Å²) in [5, 5.41) is 9.44. The van der Waals surface area contributed by atoms with Gasteiger partial charge in [0, 0.05) is 55.5 Å². The Morgan fingerprint density at radius 1 is 1.12 bits per heavy atom. The van der Waals surface area contributed by atoms with Crippen LogP contribution in [0.1, 0.15) is 57.6 Å². The second kappa shape index (κ2) is 10.8. The van der Waals surface area contributed by atoms with Crippen molar-refractivity contribution < 1.29 is 9.59 Å². The predicted octanol–water partition coefficient (Wildman–Crippen LogP) is 4.12. The average molecular weight is 467 g/mol. The summed E-state index contributed by atoms with van der Waals surface area (Å²) in [6.45, 7) is 8.09. The summed E-state index contributed by atoms with van der Waals surface area (Å²) in [6.07, 6.45) is 5.31. The summed E-state index contributed by atoms with van der Waals surface area (Å²) in [7, 11) is 3.95. The number of nitrogens with zero attached hydrogens (tertiary/aromatic N) is 3. The second-order valence-corrected chi connectivity index (χ2v) is 10.4. The lowest BCUT2D eigenvalue weighted by Gasteiger charge is -2.28. The number of carbonyl (C=O) groups is 2. The summed E-state index contributed by atoms with van der Waals surface area (Å²) in [4.78, 5) is 36.0. The number of aromatic nitrogens is 2. The molecule has 0 unspecified atom stereocenters. The number of hydrogen-bond donors (Lipinski definition) is 3. The van der Waals surface area contributed by atoms with Gasteiger partial charge < -0.3 is 20.9 Å². The summed E-state index contributed by atoms with van der Waals surface area (Å²) in [6, 6.07) is 7.89. The van der Waals surface area contributed by atoms with Crippen LogP contribution in [0, 0.1) is 18.3 Å². The van der Waals surface area contributed by atoms with Crippen LogP contribution in [0.25, 0.3) is 0 Å². The maximum absolute atomic E-state index is 12.8. The highest BCUT2D eigenvalue weighted by Crippen LogP contribution is 2.27. The second-order valence-electron chi connectivity index (χ2n) is 10.4. The van der Waals surface area contributed by atoms with Gasteiger partial charge in [-0.2, -0.15) is 4.98 Å². The van der Waals surface area contributed by atoms with Crippen LogP contribution in [0.2, 0.25) is 0 Å². The normalized spacial score (nSPS) is 18.2. The van der Waals surface area contributed by atoms with E-state index >= 15 is 0 Å². The highest BCUT2D eigenvalue weighted by molar-refractivity contribution is 5.94. The molecule has 3 rings (SSSR count). The standard InChI is InChI=1S/C26H38N6O2/c1-17-15-28-25(31-22(17)32(5)6)30-20-12-10-19(11-13-20)23(33)27-16-18-8-7-9-21(14-18)29-24(34)26(2,3)4/h7-9,14-15,19-20H,10-13,16H2,1-6H3,(H,27,33)(H,29,34)(H,28,30,31). The Kier molecular flexibility index (Phi) is 8.12. The first kappa shape index (κ1) is 25.5. The van der Waals surface area contributed by atoms with Crippen LogP contribution in [0.4, 0.5) is 17.5 Å². The van der Waals surface area contributed by atoms with Gasteiger partial charge in [-0.15, -0.1) is 0 Å². The van der Waals surface area contributed by atoms with E-state index in [1.54, 1.807) is 0 Å². The SMILES string of the molecule is Cc1cnc(NC2CCC(C(=O)NCc3cccc(NC(=O)C(C)(C)C)c3)CC2)nc1N(C)C. The van der Waals surface area contributed by atoms with E-state index in [0.29, 0.717) is 12.5 Å². The van der Waals surface area contributed by atoms with Gasteiger partial charge in [0.25, 0.3) is 0 Å². The van der Waals surface area contributed by atoms with Gasteiger partial charge in [-0.05, 0) is 50.3 Å². The topological polar surface area (TPSA) is 99.2 Å². The van der Waals surface area contributed by atoms with Gasteiger partial charge in [-0.1, -0.05) is 32.9 Å². The van der Waals surface area contributed by atoms with Crippen molar-refractivity contribution in [3.8, 4) is 0 Å². The third kappa shape index (κ3) is 6.92. The van der Waals surface area contributed by atoms with Gasteiger partial charge >= 0.3 is 0 Å². The van der Waals surface area contributed by atoms with Crippen molar-refractivity contribution in [2.24, 2.45) is 11.3 Å². The highest BCUT2D eigenvalue weighted by Gasteiger charge is 2.27. The maximum Gasteiger partial charge on any atom is 0.229 e. The minimum atomic E-state index is -0.460. The van der Waals surface area contributed by atoms with Gasteiger partial charge in [0.2, 0.25) is 17.8 Å². The number of benzene rings is 1. The van der Waals surface area contributed by atoms with Gasteiger partial charge in [0.1, 0.15) is 5.82 Å². The first-order valence-corrected chi connectivity index (χ1v) is 12.0. The monoisotopic (exact) mass is 466 g/mol. The van der Waals surface area contributed by atoms with Crippen LogP contribution in [-0.4, -0.2) is 41.9 Å². The zero-order chi connectivity index (χ0) is 24.9. The molecule has 2 aromatic rings. The number of nitrogens with one attached hydrogen (secondary N) is 3. The molecule has 1 aliphatic rings. The molecule has 2 amide bonds. The molecule has 0 radical (unpaired) electrons. The van der Waals surface area contributed by atoms with E-state index < -0.39 is 5.41 Å². The minimum absolute atomic E-state index is 0.0121. The molecule has 0 spiro atoms. The molecule has 0 saturated heterocycles. The smallest absolute Gasteiger partial charge is 0.229 e. The molecule has 1 saturated carbocycles. The molecule has 184 valence electrons. The summed E-state index contributed by atoms with van der Waals surface area (Å²) in [5.74, 6) is 1.61. The highest BCUT2D eigenvalue weighted by atomic mass is 16.2. The molecule has 8 heteroatoms. The molecule has 3 N–H and O–H groups in total. The van der Waals surface area contributed by atoms with Crippen molar-refractivity contribution in [3.05, 3.63) is 41.6 Å². The number of rotatable bonds is 7. The molecule has 1 fully saturated rings. The van der Waals surface area contributed by atoms with Gasteiger partial charge in [0.05, 0.1) is 0 Å². The number of aryl methyl sites for hydroxylation is 1. The van der Waals surface area contributed by atoms with Gasteiger partial charge in [-0.25, -0.2) is 4.98 Å². The molecule has 0 atom stereocenters. The zero-order valence-electron chi connectivity index (χ0n) is 21.2. The fraction of sp³-hybridized carbons (Fsp3) is 0.538. The Balaban J connectivity index is 1.47. The van der Waals surface area contributed by atoms with Crippen molar-refractivity contribution in [1.29, 1.82) is 0 Å². The average Bonchev–Trinajstić information content (AvgIpc) is 2.78. The van der Waals surface area contributed by atoms with Crippen LogP contribution in [-0.2, 0) is 16.1 Å². The third-order valence-corrected chi connectivity index (χ3v) is 6.13. The van der Waals surface area contributed by atoms with E-state index in [0.717, 1.165) is 48.3 Å². The van der Waals surface area contributed by atoms with E-state index in [2.05, 4.69) is 25.9 Å². The maximum atomic E-state index is 12.8. The Labute approximate surface area is 202 Å². The van der Waals surface area contributed by atoms with Crippen LogP contribution < -0.4 is 20.9 Å². The van der Waals surface area contributed by atoms with E-state index in [-0.39, 0.29) is 23.8 Å². The lowest BCUT2D eigenvalue weighted by Crippen LogP contribution is -2.36. The molecular formula is C26H38N6O2. The number of anilines is 3. The lowest BCUT2D eigenvalue weighted by molar-refractivity contribution is -0.126. The fourth-order valence-electron chi connectivity index (χ4n) is 4.05. The molecular weight excluding hydrogens is 428 g/mol. The minimum Gasteiger partial charge on any atom is -0.362 e. The van der Waals surface area contributed by atoms with Crippen LogP contribution in [0.15, 0.2) is 30.5 Å². The number of amides is 2. The van der Waals surface area contributed by atoms with Crippen molar-refractivity contribution in [2.45, 2.75) is 66.0 Å². The Hall–Kier alpha value is -3.16. The zero-order valence-corrected chi connectivity index (χ0v) is 21.2. The van der Waals surface area contributed by atoms with Gasteiger partial charge in [0.15, 0.2) is 0 Å². The quantitative estimate of drug-likeness (QED) is 0.568. The van der Waals surface area contributed by atoms with Crippen LogP contribution in [0.5, 0.6) is 0 Å². The third-order valence-electron chi connectivity index (χ3n) is 6.13. The largest absolute Gasteiger partial charge is 0.362 e. The number of hydrogen-bond acceptors (Lipinski definition) is 6. The molecule has 1 aromatic carbocycles. The van der Waals surface area contributed by atoms with Crippen molar-refractivity contribution in [3.63, 3.8) is 0 Å². The van der Waals surface area contributed by atoms with Crippen molar-refractivity contribution in [2.75, 3.05) is 29.6 Å². The van der Waals surface area contributed by atoms with Crippen LogP contribution in [0.3, 0.4) is 0 Å². The Morgan fingerprint density at radius 2 is 1.82 bits per heavy atom. The molecule has 0 aliphatic heterocycles. The first-order chi connectivity index (χ1) is 16.0. The van der Waals surface area contributed by atoms with E-state index in [1.807, 2.05) is 77.2 Å². The van der Waals surface area contributed by atoms with E-state index in [9.17, 15) is 9.59 Å².